The van der Waals surface area contributed by atoms with Gasteiger partial charge in [0.15, 0.2) is 0 Å². The van der Waals surface area contributed by atoms with E-state index in [4.69, 9.17) is 6.42 Å². The second kappa shape index (κ2) is 6.26. The minimum absolute atomic E-state index is 0.0447. The maximum atomic E-state index is 14.5. The van der Waals surface area contributed by atoms with E-state index in [9.17, 15) is 27.5 Å². The van der Waals surface area contributed by atoms with Gasteiger partial charge >= 0.3 is 11.0 Å². The zero-order chi connectivity index (χ0) is 19.2. The Morgan fingerprint density at radius 3 is 2.73 bits per heavy atom. The van der Waals surface area contributed by atoms with Crippen molar-refractivity contribution in [2.45, 2.75) is 18.8 Å². The number of fused-ring (bicyclic) bond motifs is 1. The molecule has 5 nitrogen and oxygen atoms in total. The number of aromatic nitrogens is 1. The lowest BCUT2D eigenvalue weighted by molar-refractivity contribution is -0.110. The highest BCUT2D eigenvalue weighted by atomic mass is 32.1. The molecule has 136 valence electrons. The van der Waals surface area contributed by atoms with Crippen molar-refractivity contribution in [2.75, 3.05) is 7.05 Å². The molecule has 1 aromatic heterocycles. The molecule has 0 aliphatic carbocycles. The van der Waals surface area contributed by atoms with Crippen molar-refractivity contribution in [2.24, 2.45) is 5.10 Å². The number of rotatable bonds is 2. The fourth-order valence-electron chi connectivity index (χ4n) is 2.62. The average Bonchev–Trinajstić information content (AvgIpc) is 2.83. The van der Waals surface area contributed by atoms with Gasteiger partial charge in [-0.05, 0) is 18.2 Å². The Balaban J connectivity index is 2.14. The Kier molecular flexibility index (Phi) is 4.37. The summed E-state index contributed by atoms with van der Waals surface area (Å²) in [4.78, 5) is 11.5. The third-order valence-corrected chi connectivity index (χ3v) is 4.72. The molecule has 0 bridgehead atoms. The molecular weight excluding hydrogens is 374 g/mol. The van der Waals surface area contributed by atoms with Crippen LogP contribution in [-0.4, -0.2) is 39.7 Å². The number of benzene rings is 1. The first-order valence-electron chi connectivity index (χ1n) is 7.19. The molecule has 1 unspecified atom stereocenters. The zero-order valence-corrected chi connectivity index (χ0v) is 14.0. The van der Waals surface area contributed by atoms with Crippen LogP contribution in [0.1, 0.15) is 5.56 Å². The van der Waals surface area contributed by atoms with Crippen LogP contribution < -0.4 is 4.87 Å². The molecule has 2 heterocycles. The molecule has 3 rings (SSSR count). The Morgan fingerprint density at radius 2 is 2.12 bits per heavy atom. The normalized spacial score (nSPS) is 17.9. The largest absolute Gasteiger partial charge is 0.432 e. The number of nitrogens with zero attached hydrogens (tertiary/aromatic N) is 3. The van der Waals surface area contributed by atoms with Crippen LogP contribution in [0.4, 0.5) is 17.6 Å². The van der Waals surface area contributed by atoms with Crippen LogP contribution in [-0.2, 0) is 6.54 Å². The molecular formula is C16H11F4N3O2S. The molecule has 0 spiro atoms. The first-order chi connectivity index (χ1) is 12.1. The van der Waals surface area contributed by atoms with Gasteiger partial charge in [0, 0.05) is 12.6 Å². The van der Waals surface area contributed by atoms with E-state index in [1.807, 2.05) is 0 Å². The quantitative estimate of drug-likeness (QED) is 0.638. The van der Waals surface area contributed by atoms with Crippen LogP contribution in [0.2, 0.25) is 0 Å². The van der Waals surface area contributed by atoms with E-state index in [2.05, 4.69) is 11.0 Å². The van der Waals surface area contributed by atoms with E-state index in [0.29, 0.717) is 21.3 Å². The minimum Gasteiger partial charge on any atom is -0.382 e. The molecule has 10 heteroatoms. The molecule has 1 atom stereocenters. The predicted molar refractivity (Wildman–Crippen MR) is 89.3 cm³/mol. The molecule has 0 saturated heterocycles. The summed E-state index contributed by atoms with van der Waals surface area (Å²) in [5.74, 6) is 1.49. The van der Waals surface area contributed by atoms with E-state index >= 15 is 0 Å². The first-order valence-corrected chi connectivity index (χ1v) is 8.01. The highest BCUT2D eigenvalue weighted by Gasteiger charge is 2.40. The van der Waals surface area contributed by atoms with Crippen molar-refractivity contribution in [3.63, 3.8) is 0 Å². The molecule has 0 fully saturated rings. The summed E-state index contributed by atoms with van der Waals surface area (Å²) in [5.41, 5.74) is -1.35. The van der Waals surface area contributed by atoms with Gasteiger partial charge in [-0.2, -0.15) is 18.3 Å². The van der Waals surface area contributed by atoms with Crippen LogP contribution in [0.15, 0.2) is 33.8 Å². The number of aliphatic hydroxyl groups excluding tert-OH is 1. The number of hydrazone groups is 1. The average molecular weight is 385 g/mol. The summed E-state index contributed by atoms with van der Waals surface area (Å²) in [6.07, 6.45) is -0.705. The van der Waals surface area contributed by atoms with Gasteiger partial charge in [0.1, 0.15) is 23.3 Å². The molecule has 2 aromatic rings. The Labute approximate surface area is 148 Å². The molecule has 0 saturated carbocycles. The molecule has 1 aromatic carbocycles. The van der Waals surface area contributed by atoms with E-state index in [1.165, 1.54) is 10.6 Å². The lowest BCUT2D eigenvalue weighted by Crippen LogP contribution is -2.35. The van der Waals surface area contributed by atoms with Gasteiger partial charge in [0.05, 0.1) is 16.8 Å². The van der Waals surface area contributed by atoms with Crippen LogP contribution in [0.25, 0.3) is 10.2 Å². The van der Waals surface area contributed by atoms with Crippen LogP contribution in [0, 0.1) is 18.2 Å². The van der Waals surface area contributed by atoms with Crippen molar-refractivity contribution in [3.8, 4) is 12.3 Å². The predicted octanol–water partition coefficient (Wildman–Crippen LogP) is 2.29. The molecule has 1 N–H and O–H groups in total. The van der Waals surface area contributed by atoms with Crippen molar-refractivity contribution < 1.29 is 22.7 Å². The summed E-state index contributed by atoms with van der Waals surface area (Å²) in [5, 5.41) is 14.3. The highest BCUT2D eigenvalue weighted by Crippen LogP contribution is 2.32. The molecule has 0 radical (unpaired) electrons. The van der Waals surface area contributed by atoms with E-state index in [1.54, 1.807) is 0 Å². The van der Waals surface area contributed by atoms with Crippen molar-refractivity contribution in [1.29, 1.82) is 0 Å². The zero-order valence-electron chi connectivity index (χ0n) is 13.2. The lowest BCUT2D eigenvalue weighted by Gasteiger charge is -2.27. The standard InChI is InChI=1S/C16H11F4N3O2S/c1-3-4-23-10-5-8(9(17)6-12(10)26-15(23)25)14-11(24)7-13(16(18,19)20)22(2)21-14/h1,5-7,11,24H,4H2,2H3. The summed E-state index contributed by atoms with van der Waals surface area (Å²) in [7, 11) is 1.04. The number of halogens is 4. The molecule has 1 aliphatic heterocycles. The van der Waals surface area contributed by atoms with Gasteiger partial charge in [-0.15, -0.1) is 6.42 Å². The van der Waals surface area contributed by atoms with Crippen LogP contribution in [0.3, 0.4) is 0 Å². The molecule has 0 amide bonds. The Bertz CT molecular complexity index is 1040. The second-order valence-electron chi connectivity index (χ2n) is 5.46. The fourth-order valence-corrected chi connectivity index (χ4v) is 3.52. The van der Waals surface area contributed by atoms with Gasteiger partial charge in [0.25, 0.3) is 0 Å². The summed E-state index contributed by atoms with van der Waals surface area (Å²) < 4.78 is 54.7. The molecule has 26 heavy (non-hydrogen) atoms. The SMILES string of the molecule is C#CCn1c(=O)sc2cc(F)c(C3=NN(C)C(C(F)(F)F)=CC3O)cc21. The monoisotopic (exact) mass is 385 g/mol. The smallest absolute Gasteiger partial charge is 0.382 e. The first kappa shape index (κ1) is 18.2. The number of allylic oxidation sites excluding steroid dienone is 1. The minimum atomic E-state index is -4.71. The van der Waals surface area contributed by atoms with Gasteiger partial charge in [-0.25, -0.2) is 4.39 Å². The van der Waals surface area contributed by atoms with Crippen LogP contribution in [0.5, 0.6) is 0 Å². The van der Waals surface area contributed by atoms with Gasteiger partial charge in [-0.3, -0.25) is 14.4 Å². The van der Waals surface area contributed by atoms with Gasteiger partial charge in [-0.1, -0.05) is 17.3 Å². The van der Waals surface area contributed by atoms with Crippen molar-refractivity contribution in [1.82, 2.24) is 9.58 Å². The van der Waals surface area contributed by atoms with E-state index < -0.39 is 28.7 Å². The maximum Gasteiger partial charge on any atom is 0.432 e. The lowest BCUT2D eigenvalue weighted by atomic mass is 10.0. The van der Waals surface area contributed by atoms with Gasteiger partial charge in [0.2, 0.25) is 0 Å². The number of terminal acetylenes is 1. The number of hydrogen-bond acceptors (Lipinski definition) is 5. The summed E-state index contributed by atoms with van der Waals surface area (Å²) >= 11 is 0.792. The summed E-state index contributed by atoms with van der Waals surface area (Å²) in [6.45, 7) is -0.0447. The fraction of sp³-hybridized carbons (Fsp3) is 0.250. The maximum absolute atomic E-state index is 14.5. The topological polar surface area (TPSA) is 57.8 Å². The van der Waals surface area contributed by atoms with Crippen molar-refractivity contribution >= 4 is 27.3 Å². The Hall–Kier alpha value is -2.64. The van der Waals surface area contributed by atoms with Crippen LogP contribution >= 0.6 is 11.3 Å². The number of alkyl halides is 3. The third-order valence-electron chi connectivity index (χ3n) is 3.78. The second-order valence-corrected chi connectivity index (χ2v) is 6.45. The summed E-state index contributed by atoms with van der Waals surface area (Å²) in [6, 6.07) is 2.32. The van der Waals surface area contributed by atoms with E-state index in [0.717, 1.165) is 24.5 Å². The van der Waals surface area contributed by atoms with E-state index in [-0.39, 0.29) is 17.8 Å². The third kappa shape index (κ3) is 3.00. The number of aliphatic hydroxyl groups is 1. The number of thiazole rings is 1. The van der Waals surface area contributed by atoms with Crippen molar-refractivity contribution in [3.05, 3.63) is 45.0 Å². The highest BCUT2D eigenvalue weighted by molar-refractivity contribution is 7.16. The molecule has 1 aliphatic rings. The number of hydrogen-bond donors (Lipinski definition) is 1. The van der Waals surface area contributed by atoms with Gasteiger partial charge < -0.3 is 5.11 Å². The Morgan fingerprint density at radius 1 is 1.42 bits per heavy atom.